The number of amides is 1. The summed E-state index contributed by atoms with van der Waals surface area (Å²) in [6.45, 7) is 8.76. The summed E-state index contributed by atoms with van der Waals surface area (Å²) >= 11 is 0. The highest BCUT2D eigenvalue weighted by Crippen LogP contribution is 2.28. The van der Waals surface area contributed by atoms with Crippen LogP contribution in [0.25, 0.3) is 0 Å². The molecular formula is C23H32N2O5S. The number of aryl methyl sites for hydroxylation is 1. The molecule has 2 rings (SSSR count). The van der Waals surface area contributed by atoms with Crippen LogP contribution in [0.1, 0.15) is 38.3 Å². The topological polar surface area (TPSA) is 84.9 Å². The van der Waals surface area contributed by atoms with Crippen LogP contribution in [-0.2, 0) is 21.4 Å². The highest BCUT2D eigenvalue weighted by molar-refractivity contribution is 7.92. The van der Waals surface area contributed by atoms with E-state index >= 15 is 0 Å². The van der Waals surface area contributed by atoms with Gasteiger partial charge < -0.3 is 14.8 Å². The van der Waals surface area contributed by atoms with Crippen LogP contribution in [0.3, 0.4) is 0 Å². The van der Waals surface area contributed by atoms with E-state index in [2.05, 4.69) is 5.32 Å². The van der Waals surface area contributed by atoms with E-state index in [-0.39, 0.29) is 12.5 Å². The molecule has 1 atom stereocenters. The number of carbonyl (C=O) groups excluding carboxylic acids is 1. The smallest absolute Gasteiger partial charge is 0.244 e. The van der Waals surface area contributed by atoms with E-state index in [1.165, 1.54) is 4.31 Å². The monoisotopic (exact) mass is 448 g/mol. The van der Waals surface area contributed by atoms with Gasteiger partial charge in [0.2, 0.25) is 15.9 Å². The van der Waals surface area contributed by atoms with Crippen LogP contribution in [0.4, 0.5) is 5.69 Å². The van der Waals surface area contributed by atoms with Gasteiger partial charge in [0, 0.05) is 6.54 Å². The van der Waals surface area contributed by atoms with E-state index in [1.54, 1.807) is 19.1 Å². The molecule has 0 bridgehead atoms. The second-order valence-corrected chi connectivity index (χ2v) is 9.04. The molecule has 8 heteroatoms. The Bertz CT molecular complexity index is 974. The van der Waals surface area contributed by atoms with Gasteiger partial charge in [0.05, 0.1) is 25.2 Å². The molecular weight excluding hydrogens is 416 g/mol. The number of benzene rings is 2. The molecule has 2 aromatic rings. The number of nitrogens with one attached hydrogen (secondary N) is 1. The number of carbonyl (C=O) groups is 1. The van der Waals surface area contributed by atoms with Crippen molar-refractivity contribution in [2.45, 2.75) is 46.7 Å². The third-order valence-electron chi connectivity index (χ3n) is 4.69. The van der Waals surface area contributed by atoms with E-state index in [0.717, 1.165) is 17.4 Å². The van der Waals surface area contributed by atoms with Crippen LogP contribution < -0.4 is 19.1 Å². The Morgan fingerprint density at radius 1 is 1.00 bits per heavy atom. The predicted octanol–water partition coefficient (Wildman–Crippen LogP) is 3.65. The summed E-state index contributed by atoms with van der Waals surface area (Å²) in [6.07, 6.45) is 1.45. The largest absolute Gasteiger partial charge is 0.490 e. The molecule has 0 aliphatic rings. The molecule has 0 saturated carbocycles. The molecule has 7 nitrogen and oxygen atoms in total. The number of nitrogens with zero attached hydrogens (tertiary/aromatic N) is 1. The fourth-order valence-corrected chi connectivity index (χ4v) is 4.48. The van der Waals surface area contributed by atoms with E-state index in [9.17, 15) is 13.2 Å². The Morgan fingerprint density at radius 2 is 1.61 bits per heavy atom. The number of sulfonamides is 1. The maximum absolute atomic E-state index is 13.0. The Hall–Kier alpha value is -2.74. The SMILES string of the molecule is CCOc1ccc(CNC(=O)[C@@H](CC)N(c2ccc(C)cc2)S(C)(=O)=O)cc1OCC. The molecule has 170 valence electrons. The average Bonchev–Trinajstić information content (AvgIpc) is 2.72. The standard InChI is InChI=1S/C23H32N2O5S/c1-6-20(25(31(5,27)28)19-12-9-17(4)10-13-19)23(26)24-16-18-11-14-21(29-7-2)22(15-18)30-8-3/h9-15,20H,6-8,16H2,1-5H3,(H,24,26)/t20-/m1/s1. The zero-order valence-electron chi connectivity index (χ0n) is 18.8. The van der Waals surface area contributed by atoms with E-state index < -0.39 is 16.1 Å². The summed E-state index contributed by atoms with van der Waals surface area (Å²) in [5.74, 6) is 0.898. The fourth-order valence-electron chi connectivity index (χ4n) is 3.26. The van der Waals surface area contributed by atoms with Gasteiger partial charge >= 0.3 is 0 Å². The van der Waals surface area contributed by atoms with Crippen molar-refractivity contribution in [3.05, 3.63) is 53.6 Å². The Kier molecular flexibility index (Phi) is 8.74. The quantitative estimate of drug-likeness (QED) is 0.567. The summed E-state index contributed by atoms with van der Waals surface area (Å²) in [4.78, 5) is 13.0. The number of anilines is 1. The molecule has 0 radical (unpaired) electrons. The minimum Gasteiger partial charge on any atom is -0.490 e. The maximum Gasteiger partial charge on any atom is 0.244 e. The molecule has 0 aliphatic carbocycles. The second-order valence-electron chi connectivity index (χ2n) is 7.18. The van der Waals surface area contributed by atoms with Crippen molar-refractivity contribution < 1.29 is 22.7 Å². The van der Waals surface area contributed by atoms with E-state index in [1.807, 2.05) is 51.1 Å². The summed E-state index contributed by atoms with van der Waals surface area (Å²) < 4.78 is 37.4. The maximum atomic E-state index is 13.0. The van der Waals surface area contributed by atoms with Crippen molar-refractivity contribution in [3.63, 3.8) is 0 Å². The lowest BCUT2D eigenvalue weighted by molar-refractivity contribution is -0.122. The number of rotatable bonds is 11. The van der Waals surface area contributed by atoms with Crippen LogP contribution >= 0.6 is 0 Å². The first-order valence-corrected chi connectivity index (χ1v) is 12.3. The lowest BCUT2D eigenvalue weighted by Gasteiger charge is -2.30. The summed E-state index contributed by atoms with van der Waals surface area (Å²) in [5, 5.41) is 2.86. The van der Waals surface area contributed by atoms with Gasteiger partial charge in [-0.25, -0.2) is 8.42 Å². The Morgan fingerprint density at radius 3 is 2.16 bits per heavy atom. The predicted molar refractivity (Wildman–Crippen MR) is 123 cm³/mol. The van der Waals surface area contributed by atoms with Gasteiger partial charge in [-0.15, -0.1) is 0 Å². The molecule has 0 saturated heterocycles. The van der Waals surface area contributed by atoms with Gasteiger partial charge in [0.25, 0.3) is 0 Å². The van der Waals surface area contributed by atoms with Crippen LogP contribution in [0.5, 0.6) is 11.5 Å². The molecule has 0 spiro atoms. The minimum atomic E-state index is -3.66. The molecule has 2 aromatic carbocycles. The second kappa shape index (κ2) is 11.0. The van der Waals surface area contributed by atoms with Gasteiger partial charge in [0.15, 0.2) is 11.5 Å². The number of hydrogen-bond acceptors (Lipinski definition) is 5. The molecule has 0 unspecified atom stereocenters. The summed E-state index contributed by atoms with van der Waals surface area (Å²) in [5.41, 5.74) is 2.31. The van der Waals surface area contributed by atoms with Crippen molar-refractivity contribution in [1.29, 1.82) is 0 Å². The zero-order valence-corrected chi connectivity index (χ0v) is 19.7. The third kappa shape index (κ3) is 6.62. The summed E-state index contributed by atoms with van der Waals surface area (Å²) in [7, 11) is -3.66. The fraction of sp³-hybridized carbons (Fsp3) is 0.435. The van der Waals surface area contributed by atoms with Crippen LogP contribution in [0.15, 0.2) is 42.5 Å². The highest BCUT2D eigenvalue weighted by Gasteiger charge is 2.31. The molecule has 1 amide bonds. The molecule has 0 heterocycles. The van der Waals surface area contributed by atoms with Gasteiger partial charge in [-0.2, -0.15) is 0 Å². The molecule has 31 heavy (non-hydrogen) atoms. The van der Waals surface area contributed by atoms with E-state index in [4.69, 9.17) is 9.47 Å². The van der Waals surface area contributed by atoms with Crippen molar-refractivity contribution >= 4 is 21.6 Å². The lowest BCUT2D eigenvalue weighted by atomic mass is 10.1. The van der Waals surface area contributed by atoms with Gasteiger partial charge in [0.1, 0.15) is 6.04 Å². The average molecular weight is 449 g/mol. The van der Waals surface area contributed by atoms with Crippen molar-refractivity contribution in [2.75, 3.05) is 23.8 Å². The number of hydrogen-bond donors (Lipinski definition) is 1. The molecule has 1 N–H and O–H groups in total. The lowest BCUT2D eigenvalue weighted by Crippen LogP contribution is -2.49. The van der Waals surface area contributed by atoms with Crippen LogP contribution in [0.2, 0.25) is 0 Å². The van der Waals surface area contributed by atoms with Crippen molar-refractivity contribution in [2.24, 2.45) is 0 Å². The minimum absolute atomic E-state index is 0.243. The third-order valence-corrected chi connectivity index (χ3v) is 5.87. The van der Waals surface area contributed by atoms with Gasteiger partial charge in [-0.05, 0) is 57.0 Å². The highest BCUT2D eigenvalue weighted by atomic mass is 32.2. The van der Waals surface area contributed by atoms with Gasteiger partial charge in [-0.3, -0.25) is 9.10 Å². The van der Waals surface area contributed by atoms with Gasteiger partial charge in [-0.1, -0.05) is 30.7 Å². The van der Waals surface area contributed by atoms with Crippen molar-refractivity contribution in [3.8, 4) is 11.5 Å². The molecule has 0 aliphatic heterocycles. The van der Waals surface area contributed by atoms with Crippen LogP contribution in [0, 0.1) is 6.92 Å². The molecule has 0 fully saturated rings. The first-order chi connectivity index (χ1) is 14.7. The number of ether oxygens (including phenoxy) is 2. The molecule has 0 aromatic heterocycles. The normalized spacial score (nSPS) is 12.2. The van der Waals surface area contributed by atoms with E-state index in [0.29, 0.717) is 36.8 Å². The zero-order chi connectivity index (χ0) is 23.0. The first kappa shape index (κ1) is 24.5. The Balaban J connectivity index is 2.21. The van der Waals surface area contributed by atoms with Crippen LogP contribution in [-0.4, -0.2) is 39.8 Å². The Labute approximate surface area is 185 Å². The van der Waals surface area contributed by atoms with Crippen molar-refractivity contribution in [1.82, 2.24) is 5.32 Å². The first-order valence-electron chi connectivity index (χ1n) is 10.4. The summed E-state index contributed by atoms with van der Waals surface area (Å²) in [6, 6.07) is 11.7.